The van der Waals surface area contributed by atoms with Crippen LogP contribution in [0.25, 0.3) is 0 Å². The molecular weight excluding hydrogens is 194 g/mol. The number of nitrogens with zero attached hydrogens (tertiary/aromatic N) is 1. The highest BCUT2D eigenvalue weighted by molar-refractivity contribution is 5.77. The Bertz CT molecular complexity index is 216. The summed E-state index contributed by atoms with van der Waals surface area (Å²) in [5.41, 5.74) is 0. The van der Waals surface area contributed by atoms with Gasteiger partial charge in [-0.3, -0.25) is 4.79 Å². The van der Waals surface area contributed by atoms with Crippen LogP contribution < -0.4 is 0 Å². The second-order valence-corrected chi connectivity index (χ2v) is 3.69. The molecular formula is C11H21NO3. The van der Waals surface area contributed by atoms with E-state index in [1.54, 1.807) is 6.92 Å². The summed E-state index contributed by atoms with van der Waals surface area (Å²) < 4.78 is 0. The van der Waals surface area contributed by atoms with Crippen LogP contribution in [0.2, 0.25) is 0 Å². The Morgan fingerprint density at radius 1 is 1.33 bits per heavy atom. The average Bonchev–Trinajstić information content (AvgIpc) is 2.22. The molecule has 0 rings (SSSR count). The van der Waals surface area contributed by atoms with Gasteiger partial charge in [-0.1, -0.05) is 27.2 Å². The van der Waals surface area contributed by atoms with Crippen molar-refractivity contribution in [2.45, 2.75) is 47.0 Å². The number of hydrogen-bond donors (Lipinski definition) is 0. The fourth-order valence-electron chi connectivity index (χ4n) is 0.934. The first-order valence-electron chi connectivity index (χ1n) is 5.52. The summed E-state index contributed by atoms with van der Waals surface area (Å²) in [5.74, 6) is -0.711. The third-order valence-corrected chi connectivity index (χ3v) is 2.28. The number of hydroxylamine groups is 2. The summed E-state index contributed by atoms with van der Waals surface area (Å²) in [5, 5.41) is 1.15. The molecule has 0 radical (unpaired) electrons. The lowest BCUT2D eigenvalue weighted by molar-refractivity contribution is -0.200. The smallest absolute Gasteiger partial charge is 0.335 e. The predicted molar refractivity (Wildman–Crippen MR) is 57.8 cm³/mol. The van der Waals surface area contributed by atoms with Gasteiger partial charge in [0, 0.05) is 6.92 Å². The fraction of sp³-hybridized carbons (Fsp3) is 0.818. The van der Waals surface area contributed by atoms with Crippen LogP contribution in [-0.2, 0) is 14.4 Å². The number of amides is 1. The standard InChI is InChI=1S/C11H21NO3/c1-5-7-8-12(10(4)13)15-11(14)9(3)6-2/h9H,5-8H2,1-4H3. The molecule has 1 amide bonds. The summed E-state index contributed by atoms with van der Waals surface area (Å²) in [6.07, 6.45) is 2.52. The van der Waals surface area contributed by atoms with Crippen LogP contribution in [0.3, 0.4) is 0 Å². The Kier molecular flexibility index (Phi) is 6.75. The first-order valence-corrected chi connectivity index (χ1v) is 5.52. The minimum atomic E-state index is -0.330. The summed E-state index contributed by atoms with van der Waals surface area (Å²) in [7, 11) is 0. The van der Waals surface area contributed by atoms with E-state index >= 15 is 0 Å². The molecule has 88 valence electrons. The lowest BCUT2D eigenvalue weighted by Gasteiger charge is -2.20. The number of hydrogen-bond acceptors (Lipinski definition) is 3. The van der Waals surface area contributed by atoms with E-state index in [-0.39, 0.29) is 17.8 Å². The molecule has 4 nitrogen and oxygen atoms in total. The van der Waals surface area contributed by atoms with Crippen molar-refractivity contribution in [3.8, 4) is 0 Å². The SMILES string of the molecule is CCCCN(OC(=O)C(C)CC)C(C)=O. The number of carbonyl (C=O) groups is 2. The van der Waals surface area contributed by atoms with Gasteiger partial charge in [0.15, 0.2) is 0 Å². The molecule has 0 spiro atoms. The van der Waals surface area contributed by atoms with E-state index < -0.39 is 0 Å². The minimum absolute atomic E-state index is 0.159. The molecule has 0 aliphatic rings. The Morgan fingerprint density at radius 3 is 2.33 bits per heavy atom. The summed E-state index contributed by atoms with van der Waals surface area (Å²) >= 11 is 0. The number of carbonyl (C=O) groups excluding carboxylic acids is 2. The van der Waals surface area contributed by atoms with Crippen molar-refractivity contribution < 1.29 is 14.4 Å². The van der Waals surface area contributed by atoms with Crippen molar-refractivity contribution in [1.29, 1.82) is 0 Å². The molecule has 0 aromatic heterocycles. The van der Waals surface area contributed by atoms with Crippen LogP contribution >= 0.6 is 0 Å². The summed E-state index contributed by atoms with van der Waals surface area (Å²) in [6.45, 7) is 7.61. The first-order chi connectivity index (χ1) is 7.02. The molecule has 0 N–H and O–H groups in total. The van der Waals surface area contributed by atoms with Crippen LogP contribution in [0, 0.1) is 5.92 Å². The van der Waals surface area contributed by atoms with E-state index in [2.05, 4.69) is 0 Å². The molecule has 0 saturated heterocycles. The highest BCUT2D eigenvalue weighted by Crippen LogP contribution is 2.06. The molecule has 0 heterocycles. The zero-order valence-corrected chi connectivity index (χ0v) is 10.1. The molecule has 1 atom stereocenters. The van der Waals surface area contributed by atoms with E-state index in [1.807, 2.05) is 13.8 Å². The predicted octanol–water partition coefficient (Wildman–Crippen LogP) is 2.14. The van der Waals surface area contributed by atoms with Gasteiger partial charge in [-0.05, 0) is 12.8 Å². The van der Waals surface area contributed by atoms with Gasteiger partial charge in [0.2, 0.25) is 0 Å². The van der Waals surface area contributed by atoms with Gasteiger partial charge in [-0.15, -0.1) is 0 Å². The van der Waals surface area contributed by atoms with Gasteiger partial charge in [-0.25, -0.2) is 4.79 Å². The average molecular weight is 215 g/mol. The monoisotopic (exact) mass is 215 g/mol. The minimum Gasteiger partial charge on any atom is -0.338 e. The highest BCUT2D eigenvalue weighted by Gasteiger charge is 2.18. The Labute approximate surface area is 91.5 Å². The summed E-state index contributed by atoms with van der Waals surface area (Å²) in [6, 6.07) is 0. The van der Waals surface area contributed by atoms with Gasteiger partial charge < -0.3 is 4.84 Å². The quantitative estimate of drug-likeness (QED) is 0.660. The van der Waals surface area contributed by atoms with Crippen LogP contribution in [0.15, 0.2) is 0 Å². The molecule has 0 aromatic rings. The van der Waals surface area contributed by atoms with Crippen LogP contribution in [0.1, 0.15) is 47.0 Å². The molecule has 0 bridgehead atoms. The van der Waals surface area contributed by atoms with Crippen LogP contribution in [0.4, 0.5) is 0 Å². The maximum absolute atomic E-state index is 11.4. The van der Waals surface area contributed by atoms with Crippen molar-refractivity contribution >= 4 is 11.9 Å². The third kappa shape index (κ3) is 5.40. The van der Waals surface area contributed by atoms with Crippen LogP contribution in [0.5, 0.6) is 0 Å². The van der Waals surface area contributed by atoms with E-state index in [1.165, 1.54) is 6.92 Å². The zero-order valence-electron chi connectivity index (χ0n) is 10.1. The van der Waals surface area contributed by atoms with Gasteiger partial charge in [0.05, 0.1) is 12.5 Å². The maximum atomic E-state index is 11.4. The Balaban J connectivity index is 4.16. The van der Waals surface area contributed by atoms with Crippen molar-refractivity contribution in [2.24, 2.45) is 5.92 Å². The van der Waals surface area contributed by atoms with E-state index in [0.29, 0.717) is 6.54 Å². The first kappa shape index (κ1) is 13.9. The highest BCUT2D eigenvalue weighted by atomic mass is 16.7. The molecule has 15 heavy (non-hydrogen) atoms. The lowest BCUT2D eigenvalue weighted by Crippen LogP contribution is -2.34. The van der Waals surface area contributed by atoms with Gasteiger partial charge in [0.25, 0.3) is 5.91 Å². The lowest BCUT2D eigenvalue weighted by atomic mass is 10.1. The van der Waals surface area contributed by atoms with E-state index in [0.717, 1.165) is 24.3 Å². The molecule has 0 saturated carbocycles. The zero-order chi connectivity index (χ0) is 11.8. The Hall–Kier alpha value is -1.06. The maximum Gasteiger partial charge on any atom is 0.335 e. The molecule has 4 heteroatoms. The molecule has 0 aromatic carbocycles. The Morgan fingerprint density at radius 2 is 1.93 bits per heavy atom. The van der Waals surface area contributed by atoms with Gasteiger partial charge >= 0.3 is 5.97 Å². The summed E-state index contributed by atoms with van der Waals surface area (Å²) in [4.78, 5) is 27.6. The normalized spacial score (nSPS) is 12.0. The van der Waals surface area contributed by atoms with Crippen molar-refractivity contribution in [3.63, 3.8) is 0 Å². The van der Waals surface area contributed by atoms with Crippen molar-refractivity contribution in [3.05, 3.63) is 0 Å². The molecule has 0 aliphatic carbocycles. The van der Waals surface area contributed by atoms with Gasteiger partial charge in [0.1, 0.15) is 0 Å². The molecule has 0 fully saturated rings. The molecule has 1 unspecified atom stereocenters. The second kappa shape index (κ2) is 7.26. The van der Waals surface area contributed by atoms with Gasteiger partial charge in [-0.2, -0.15) is 5.06 Å². The molecule has 0 aliphatic heterocycles. The van der Waals surface area contributed by atoms with Crippen molar-refractivity contribution in [2.75, 3.05) is 6.54 Å². The van der Waals surface area contributed by atoms with E-state index in [4.69, 9.17) is 4.84 Å². The van der Waals surface area contributed by atoms with Crippen LogP contribution in [-0.4, -0.2) is 23.5 Å². The number of unbranched alkanes of at least 4 members (excludes halogenated alkanes) is 1. The fourth-order valence-corrected chi connectivity index (χ4v) is 0.934. The van der Waals surface area contributed by atoms with E-state index in [9.17, 15) is 9.59 Å². The second-order valence-electron chi connectivity index (χ2n) is 3.69. The largest absolute Gasteiger partial charge is 0.338 e. The topological polar surface area (TPSA) is 46.6 Å². The van der Waals surface area contributed by atoms with Crippen molar-refractivity contribution in [1.82, 2.24) is 5.06 Å². The number of rotatable bonds is 5. The third-order valence-electron chi connectivity index (χ3n) is 2.28.